The topological polar surface area (TPSA) is 57.2 Å². The lowest BCUT2D eigenvalue weighted by molar-refractivity contribution is -0.597. The number of rotatable bonds is 4. The highest BCUT2D eigenvalue weighted by molar-refractivity contribution is 7.85. The molecule has 0 unspecified atom stereocenters. The van der Waals surface area contributed by atoms with Crippen molar-refractivity contribution in [1.82, 2.24) is 0 Å². The number of aryl methyl sites for hydroxylation is 1. The Morgan fingerprint density at radius 3 is 1.71 bits per heavy atom. The number of hydrogen-bond acceptors (Lipinski definition) is 3. The van der Waals surface area contributed by atoms with Crippen molar-refractivity contribution < 1.29 is 34.2 Å². The van der Waals surface area contributed by atoms with Crippen LogP contribution in [0.15, 0.2) is 83.8 Å². The average molecular weight is 524 g/mol. The molecule has 0 saturated heterocycles. The Labute approximate surface area is 179 Å². The smallest absolute Gasteiger partial charge is 0.357 e. The van der Waals surface area contributed by atoms with Crippen LogP contribution < -0.4 is 26.4 Å². The van der Waals surface area contributed by atoms with Gasteiger partial charge < -0.3 is 4.55 Å². The summed E-state index contributed by atoms with van der Waals surface area (Å²) in [6.07, 6.45) is 0. The minimum absolute atomic E-state index is 0.00537. The highest BCUT2D eigenvalue weighted by Gasteiger charge is 2.19. The molecule has 0 spiro atoms. The van der Waals surface area contributed by atoms with Gasteiger partial charge >= 0.3 is 21.2 Å². The third-order valence-electron chi connectivity index (χ3n) is 3.97. The number of hydrogen-bond donors (Lipinski definition) is 0. The third kappa shape index (κ3) is 7.50. The first-order valence-electron chi connectivity index (χ1n) is 8.89. The molecule has 0 aliphatic heterocycles. The van der Waals surface area contributed by atoms with Crippen LogP contribution in [-0.4, -0.2) is 21.0 Å². The van der Waals surface area contributed by atoms with Crippen molar-refractivity contribution in [3.63, 3.8) is 0 Å². The van der Waals surface area contributed by atoms with Crippen molar-refractivity contribution in [2.45, 2.75) is 31.5 Å². The molecule has 0 saturated carbocycles. The first kappa shape index (κ1) is 22.8. The SMILES string of the molecule is C[Si](C)(C)c1ccc([I+]c2ccccc2)cc1.Cc1ccc(S(=O)(=O)[O-])cc1. The van der Waals surface area contributed by atoms with Crippen LogP contribution in [0.25, 0.3) is 0 Å². The first-order valence-corrected chi connectivity index (χ1v) is 16.0. The van der Waals surface area contributed by atoms with Crippen LogP contribution >= 0.6 is 0 Å². The van der Waals surface area contributed by atoms with Gasteiger partial charge in [-0.25, -0.2) is 8.42 Å². The normalized spacial score (nSPS) is 11.5. The Bertz CT molecular complexity index is 979. The monoisotopic (exact) mass is 524 g/mol. The van der Waals surface area contributed by atoms with Gasteiger partial charge in [-0.3, -0.25) is 0 Å². The molecule has 148 valence electrons. The lowest BCUT2D eigenvalue weighted by Gasteiger charge is -2.15. The molecule has 0 aliphatic rings. The van der Waals surface area contributed by atoms with E-state index < -0.39 is 18.2 Å². The second-order valence-corrected chi connectivity index (χ2v) is 16.9. The number of halogens is 1. The predicted molar refractivity (Wildman–Crippen MR) is 112 cm³/mol. The van der Waals surface area contributed by atoms with Gasteiger partial charge in [-0.2, -0.15) is 0 Å². The molecule has 6 heteroatoms. The van der Waals surface area contributed by atoms with Gasteiger partial charge in [0.15, 0.2) is 7.14 Å². The summed E-state index contributed by atoms with van der Waals surface area (Å²) in [6.45, 7) is 9.01. The lowest BCUT2D eigenvalue weighted by Crippen LogP contribution is -3.61. The van der Waals surface area contributed by atoms with Crippen LogP contribution in [0.2, 0.25) is 19.6 Å². The molecule has 0 aliphatic carbocycles. The molecule has 0 fully saturated rings. The van der Waals surface area contributed by atoms with Gasteiger partial charge in [0, 0.05) is 0 Å². The fraction of sp³-hybridized carbons (Fsp3) is 0.182. The Morgan fingerprint density at radius 1 is 0.750 bits per heavy atom. The van der Waals surface area contributed by atoms with E-state index in [-0.39, 0.29) is 26.1 Å². The number of benzene rings is 3. The van der Waals surface area contributed by atoms with Crippen LogP contribution in [0.4, 0.5) is 0 Å². The molecule has 3 aromatic carbocycles. The third-order valence-corrected chi connectivity index (χ3v) is 9.57. The second-order valence-electron chi connectivity index (χ2n) is 7.41. The molecule has 28 heavy (non-hydrogen) atoms. The van der Waals surface area contributed by atoms with Crippen molar-refractivity contribution in [2.24, 2.45) is 0 Å². The quantitative estimate of drug-likeness (QED) is 0.294. The van der Waals surface area contributed by atoms with Crippen molar-refractivity contribution >= 4 is 23.4 Å². The first-order chi connectivity index (χ1) is 13.1. The zero-order valence-electron chi connectivity index (χ0n) is 16.5. The van der Waals surface area contributed by atoms with Gasteiger partial charge in [0.2, 0.25) is 0 Å². The molecule has 0 N–H and O–H groups in total. The van der Waals surface area contributed by atoms with E-state index in [1.165, 1.54) is 19.3 Å². The molecule has 3 aromatic rings. The van der Waals surface area contributed by atoms with E-state index in [1.807, 2.05) is 6.92 Å². The predicted octanol–water partition coefficient (Wildman–Crippen LogP) is 1.26. The summed E-state index contributed by atoms with van der Waals surface area (Å²) in [5.74, 6) is 0. The molecule has 3 nitrogen and oxygen atoms in total. The minimum Gasteiger partial charge on any atom is -0.744 e. The summed E-state index contributed by atoms with van der Waals surface area (Å²) in [6, 6.07) is 25.9. The molecule has 0 atom stereocenters. The highest BCUT2D eigenvalue weighted by Crippen LogP contribution is 2.08. The Kier molecular flexibility index (Phi) is 8.00. The highest BCUT2D eigenvalue weighted by atomic mass is 127. The summed E-state index contributed by atoms with van der Waals surface area (Å²) < 4.78 is 34.2. The van der Waals surface area contributed by atoms with E-state index in [4.69, 9.17) is 0 Å². The molecule has 3 rings (SSSR count). The van der Waals surface area contributed by atoms with Gasteiger partial charge in [-0.1, -0.05) is 72.9 Å². The van der Waals surface area contributed by atoms with Crippen molar-refractivity contribution in [1.29, 1.82) is 0 Å². The van der Waals surface area contributed by atoms with Crippen LogP contribution in [0.5, 0.6) is 0 Å². The molecule has 0 amide bonds. The van der Waals surface area contributed by atoms with Gasteiger partial charge in [-0.15, -0.1) is 0 Å². The van der Waals surface area contributed by atoms with Crippen LogP contribution in [0.1, 0.15) is 5.56 Å². The van der Waals surface area contributed by atoms with E-state index in [1.54, 1.807) is 17.3 Å². The molecule has 0 bridgehead atoms. The second kappa shape index (κ2) is 9.82. The Morgan fingerprint density at radius 2 is 1.25 bits per heavy atom. The fourth-order valence-electron chi connectivity index (χ4n) is 2.32. The van der Waals surface area contributed by atoms with E-state index in [0.717, 1.165) is 5.56 Å². The summed E-state index contributed by atoms with van der Waals surface area (Å²) in [7, 11) is -5.41. The maximum Gasteiger partial charge on any atom is 0.357 e. The van der Waals surface area contributed by atoms with E-state index >= 15 is 0 Å². The maximum absolute atomic E-state index is 10.4. The van der Waals surface area contributed by atoms with Crippen molar-refractivity contribution in [3.05, 3.63) is 91.6 Å². The molecule has 0 aromatic heterocycles. The van der Waals surface area contributed by atoms with Crippen molar-refractivity contribution in [2.75, 3.05) is 0 Å². The Hall–Kier alpha value is -1.48. The molecule has 0 radical (unpaired) electrons. The largest absolute Gasteiger partial charge is 0.744 e. The van der Waals surface area contributed by atoms with E-state index in [9.17, 15) is 13.0 Å². The average Bonchev–Trinajstić information content (AvgIpc) is 2.62. The van der Waals surface area contributed by atoms with Crippen molar-refractivity contribution in [3.8, 4) is 0 Å². The fourth-order valence-corrected chi connectivity index (χ4v) is 6.17. The van der Waals surface area contributed by atoms with Crippen LogP contribution in [0.3, 0.4) is 0 Å². The standard InChI is InChI=1S/C15H18ISi.C7H8O3S/c1-17(2,3)15-11-9-14(10-12-15)16-13-7-5-4-6-8-13;1-6-2-4-7(5-3-6)11(8,9)10/h4-12H,1-3H3;2-5H,1H3,(H,8,9,10)/q+1;/p-1. The molecular weight excluding hydrogens is 499 g/mol. The summed E-state index contributed by atoms with van der Waals surface area (Å²) >= 11 is -0.00537. The summed E-state index contributed by atoms with van der Waals surface area (Å²) in [4.78, 5) is -0.178. The van der Waals surface area contributed by atoms with Gasteiger partial charge in [0.05, 0.1) is 13.0 Å². The van der Waals surface area contributed by atoms with Gasteiger partial charge in [-0.05, 0) is 43.3 Å². The summed E-state index contributed by atoms with van der Waals surface area (Å²) in [5, 5.41) is 1.55. The van der Waals surface area contributed by atoms with Gasteiger partial charge in [0.1, 0.15) is 10.1 Å². The van der Waals surface area contributed by atoms with E-state index in [0.29, 0.717) is 0 Å². The van der Waals surface area contributed by atoms with Crippen LogP contribution in [0, 0.1) is 14.1 Å². The zero-order chi connectivity index (χ0) is 20.8. The lowest BCUT2D eigenvalue weighted by atomic mass is 10.2. The molecule has 0 heterocycles. The Balaban J connectivity index is 0.000000221. The van der Waals surface area contributed by atoms with E-state index in [2.05, 4.69) is 74.2 Å². The van der Waals surface area contributed by atoms with Gasteiger partial charge in [0.25, 0.3) is 0 Å². The maximum atomic E-state index is 10.4. The summed E-state index contributed by atoms with van der Waals surface area (Å²) in [5.41, 5.74) is 0.928. The minimum atomic E-state index is -4.27. The molecular formula is C22H25IO3SSi. The zero-order valence-corrected chi connectivity index (χ0v) is 20.5. The van der Waals surface area contributed by atoms with Crippen LogP contribution in [-0.2, 0) is 10.1 Å².